The van der Waals surface area contributed by atoms with Gasteiger partial charge in [-0.2, -0.15) is 0 Å². The maximum absolute atomic E-state index is 12.4. The molecular weight excluding hydrogens is 523 g/mol. The number of fused-ring (bicyclic) bond motifs is 1. The van der Waals surface area contributed by atoms with Gasteiger partial charge in [0.2, 0.25) is 0 Å². The van der Waals surface area contributed by atoms with Crippen LogP contribution in [0.2, 0.25) is 0 Å². The van der Waals surface area contributed by atoms with E-state index in [4.69, 9.17) is 9.73 Å². The Morgan fingerprint density at radius 3 is 2.47 bits per heavy atom. The van der Waals surface area contributed by atoms with E-state index < -0.39 is 0 Å². The summed E-state index contributed by atoms with van der Waals surface area (Å²) in [4.78, 5) is 45.1. The number of carbonyl (C=O) groups excluding carboxylic acids is 3. The quantitative estimate of drug-likeness (QED) is 0.132. The van der Waals surface area contributed by atoms with Crippen molar-refractivity contribution in [3.8, 4) is 0 Å². The van der Waals surface area contributed by atoms with Crippen molar-refractivity contribution in [2.75, 3.05) is 39.3 Å². The molecule has 1 unspecified atom stereocenters. The molecular formula is C23H33IN4O4. The minimum atomic E-state index is -0.212. The van der Waals surface area contributed by atoms with E-state index in [2.05, 4.69) is 10.2 Å². The highest BCUT2D eigenvalue weighted by molar-refractivity contribution is 14.0. The van der Waals surface area contributed by atoms with Gasteiger partial charge < -0.3 is 15.0 Å². The number of piperidine rings is 1. The number of aliphatic imine (C=N–C) groups is 1. The number of halogens is 1. The van der Waals surface area contributed by atoms with Gasteiger partial charge in [0.05, 0.1) is 23.7 Å². The maximum Gasteiger partial charge on any atom is 0.310 e. The molecule has 9 heteroatoms. The lowest BCUT2D eigenvalue weighted by molar-refractivity contribution is -0.149. The van der Waals surface area contributed by atoms with Crippen molar-refractivity contribution in [2.45, 2.75) is 39.5 Å². The van der Waals surface area contributed by atoms with E-state index >= 15 is 0 Å². The number of ether oxygens (including phenoxy) is 1. The molecule has 0 aliphatic carbocycles. The second-order valence-electron chi connectivity index (χ2n) is 7.79. The lowest BCUT2D eigenvalue weighted by atomic mass is 9.98. The highest BCUT2D eigenvalue weighted by Crippen LogP contribution is 2.22. The Morgan fingerprint density at radius 1 is 1.16 bits per heavy atom. The summed E-state index contributed by atoms with van der Waals surface area (Å²) in [6, 6.07) is 6.95. The van der Waals surface area contributed by atoms with Gasteiger partial charge in [0, 0.05) is 32.7 Å². The Hall–Kier alpha value is -2.17. The number of amides is 2. The number of imide groups is 1. The second kappa shape index (κ2) is 12.8. The van der Waals surface area contributed by atoms with Gasteiger partial charge in [-0.3, -0.25) is 24.3 Å². The van der Waals surface area contributed by atoms with Gasteiger partial charge in [-0.15, -0.1) is 24.0 Å². The topological polar surface area (TPSA) is 91.3 Å². The molecule has 0 radical (unpaired) electrons. The average molecular weight is 556 g/mol. The molecule has 0 aromatic heterocycles. The summed E-state index contributed by atoms with van der Waals surface area (Å²) in [5.74, 6) is 0.124. The maximum atomic E-state index is 12.4. The Balaban J connectivity index is 0.00000363. The van der Waals surface area contributed by atoms with Crippen molar-refractivity contribution in [1.82, 2.24) is 15.1 Å². The van der Waals surface area contributed by atoms with Crippen LogP contribution in [0.15, 0.2) is 29.3 Å². The Kier molecular flexibility index (Phi) is 10.4. The van der Waals surface area contributed by atoms with E-state index in [0.717, 1.165) is 38.3 Å². The van der Waals surface area contributed by atoms with Crippen LogP contribution in [0.3, 0.4) is 0 Å². The van der Waals surface area contributed by atoms with E-state index in [1.54, 1.807) is 24.3 Å². The van der Waals surface area contributed by atoms with Crippen LogP contribution in [-0.4, -0.2) is 72.9 Å². The fraction of sp³-hybridized carbons (Fsp3) is 0.565. The third kappa shape index (κ3) is 6.20. The molecule has 1 aromatic carbocycles. The number of benzene rings is 1. The number of nitrogens with zero attached hydrogens (tertiary/aromatic N) is 3. The number of rotatable bonds is 8. The van der Waals surface area contributed by atoms with Crippen LogP contribution in [0.25, 0.3) is 0 Å². The number of unbranched alkanes of at least 4 members (excludes halogenated alkanes) is 1. The van der Waals surface area contributed by atoms with Crippen molar-refractivity contribution in [3.63, 3.8) is 0 Å². The number of esters is 1. The first-order chi connectivity index (χ1) is 15.1. The molecule has 0 bridgehead atoms. The molecule has 176 valence electrons. The highest BCUT2D eigenvalue weighted by atomic mass is 127. The second-order valence-corrected chi connectivity index (χ2v) is 7.79. The predicted molar refractivity (Wildman–Crippen MR) is 133 cm³/mol. The zero-order valence-corrected chi connectivity index (χ0v) is 21.2. The molecule has 2 aliphatic rings. The fourth-order valence-electron chi connectivity index (χ4n) is 4.06. The zero-order valence-electron chi connectivity index (χ0n) is 18.8. The SMILES string of the molecule is CCNC(=NCCCCN1C(=O)c2ccccc2C1=O)N1CCCC(C(=O)OCC)C1.I. The summed E-state index contributed by atoms with van der Waals surface area (Å²) in [5, 5.41) is 3.31. The first-order valence-corrected chi connectivity index (χ1v) is 11.2. The van der Waals surface area contributed by atoms with Gasteiger partial charge in [0.15, 0.2) is 5.96 Å². The molecule has 32 heavy (non-hydrogen) atoms. The van der Waals surface area contributed by atoms with Crippen LogP contribution >= 0.6 is 24.0 Å². The average Bonchev–Trinajstić information content (AvgIpc) is 3.03. The van der Waals surface area contributed by atoms with E-state index in [0.29, 0.717) is 43.8 Å². The summed E-state index contributed by atoms with van der Waals surface area (Å²) in [6.07, 6.45) is 3.22. The summed E-state index contributed by atoms with van der Waals surface area (Å²) >= 11 is 0. The summed E-state index contributed by atoms with van der Waals surface area (Å²) in [5.41, 5.74) is 0.974. The van der Waals surface area contributed by atoms with Crippen molar-refractivity contribution in [2.24, 2.45) is 10.9 Å². The van der Waals surface area contributed by atoms with Crippen molar-refractivity contribution >= 4 is 47.7 Å². The highest BCUT2D eigenvalue weighted by Gasteiger charge is 2.34. The third-order valence-electron chi connectivity index (χ3n) is 5.61. The molecule has 2 aliphatic heterocycles. The predicted octanol–water partition coefficient (Wildman–Crippen LogP) is 2.92. The van der Waals surface area contributed by atoms with Gasteiger partial charge in [-0.05, 0) is 51.7 Å². The van der Waals surface area contributed by atoms with Gasteiger partial charge in [-0.25, -0.2) is 0 Å². The van der Waals surface area contributed by atoms with Gasteiger partial charge in [0.1, 0.15) is 0 Å². The van der Waals surface area contributed by atoms with Crippen LogP contribution in [-0.2, 0) is 9.53 Å². The monoisotopic (exact) mass is 556 g/mol. The Bertz CT molecular complexity index is 810. The van der Waals surface area contributed by atoms with E-state index in [1.807, 2.05) is 13.8 Å². The molecule has 1 N–H and O–H groups in total. The number of carbonyl (C=O) groups is 3. The molecule has 0 saturated carbocycles. The van der Waals surface area contributed by atoms with Crippen LogP contribution < -0.4 is 5.32 Å². The van der Waals surface area contributed by atoms with Crippen LogP contribution in [0.1, 0.15) is 60.2 Å². The molecule has 1 atom stereocenters. The summed E-state index contributed by atoms with van der Waals surface area (Å²) < 4.78 is 5.19. The lowest BCUT2D eigenvalue weighted by Gasteiger charge is -2.34. The third-order valence-corrected chi connectivity index (χ3v) is 5.61. The standard InChI is InChI=1S/C23H32N4O4.HI/c1-3-24-23(26-14-9-10-17(16-26)22(30)31-4-2)25-13-7-8-15-27-20(28)18-11-5-6-12-19(18)21(27)29;/h5-6,11-12,17H,3-4,7-10,13-16H2,1-2H3,(H,24,25);1H. The van der Waals surface area contributed by atoms with Gasteiger partial charge in [0.25, 0.3) is 11.8 Å². The number of hydrogen-bond donors (Lipinski definition) is 1. The molecule has 0 spiro atoms. The molecule has 2 amide bonds. The zero-order chi connectivity index (χ0) is 22.2. The number of guanidine groups is 1. The molecule has 1 aromatic rings. The van der Waals surface area contributed by atoms with Gasteiger partial charge in [-0.1, -0.05) is 12.1 Å². The van der Waals surface area contributed by atoms with Crippen LogP contribution in [0, 0.1) is 5.92 Å². The first kappa shape index (κ1) is 26.1. The molecule has 1 saturated heterocycles. The van der Waals surface area contributed by atoms with Crippen LogP contribution in [0.4, 0.5) is 0 Å². The molecule has 2 heterocycles. The van der Waals surface area contributed by atoms with Crippen LogP contribution in [0.5, 0.6) is 0 Å². The Labute approximate surface area is 206 Å². The molecule has 3 rings (SSSR count). The number of likely N-dealkylation sites (tertiary alicyclic amines) is 1. The normalized spacial score (nSPS) is 18.3. The van der Waals surface area contributed by atoms with E-state index in [-0.39, 0.29) is 47.7 Å². The molecule has 1 fully saturated rings. The minimum Gasteiger partial charge on any atom is -0.466 e. The smallest absolute Gasteiger partial charge is 0.310 e. The fourth-order valence-corrected chi connectivity index (χ4v) is 4.06. The van der Waals surface area contributed by atoms with Crippen molar-refractivity contribution in [3.05, 3.63) is 35.4 Å². The first-order valence-electron chi connectivity index (χ1n) is 11.2. The number of nitrogens with one attached hydrogen (secondary N) is 1. The minimum absolute atomic E-state index is 0. The van der Waals surface area contributed by atoms with E-state index in [9.17, 15) is 14.4 Å². The largest absolute Gasteiger partial charge is 0.466 e. The summed E-state index contributed by atoms with van der Waals surface area (Å²) in [7, 11) is 0. The molecule has 8 nitrogen and oxygen atoms in total. The van der Waals surface area contributed by atoms with Crippen molar-refractivity contribution < 1.29 is 19.1 Å². The van der Waals surface area contributed by atoms with Crippen molar-refractivity contribution in [1.29, 1.82) is 0 Å². The van der Waals surface area contributed by atoms with E-state index in [1.165, 1.54) is 4.90 Å². The Morgan fingerprint density at radius 2 is 1.84 bits per heavy atom. The lowest BCUT2D eigenvalue weighted by Crippen LogP contribution is -2.48. The summed E-state index contributed by atoms with van der Waals surface area (Å²) in [6.45, 7) is 7.44. The number of hydrogen-bond acceptors (Lipinski definition) is 5. The van der Waals surface area contributed by atoms with Gasteiger partial charge >= 0.3 is 5.97 Å².